The maximum Gasteiger partial charge on any atom is 0.290 e. The summed E-state index contributed by atoms with van der Waals surface area (Å²) in [5, 5.41) is 18.7. The summed E-state index contributed by atoms with van der Waals surface area (Å²) in [6.07, 6.45) is 1.61. The number of rotatable bonds is 6. The van der Waals surface area contributed by atoms with Crippen LogP contribution in [0.2, 0.25) is 0 Å². The minimum atomic E-state index is -0.584. The molecule has 1 saturated heterocycles. The van der Waals surface area contributed by atoms with Crippen LogP contribution in [-0.2, 0) is 4.79 Å². The van der Waals surface area contributed by atoms with E-state index in [-0.39, 0.29) is 18.3 Å². The molecule has 4 rings (SSSR count). The van der Waals surface area contributed by atoms with Crippen LogP contribution in [0.15, 0.2) is 54.7 Å². The summed E-state index contributed by atoms with van der Waals surface area (Å²) in [5.41, 5.74) is 4.59. The van der Waals surface area contributed by atoms with Crippen molar-refractivity contribution < 1.29 is 24.3 Å². The molecule has 0 radical (unpaired) electrons. The number of halogens is 1. The molecule has 190 valence electrons. The van der Waals surface area contributed by atoms with Gasteiger partial charge in [-0.1, -0.05) is 18.2 Å². The number of hydroxylamine groups is 1. The lowest BCUT2D eigenvalue weighted by Gasteiger charge is -2.36. The van der Waals surface area contributed by atoms with Crippen molar-refractivity contribution >= 4 is 24.0 Å². The van der Waals surface area contributed by atoms with Crippen LogP contribution in [0.25, 0.3) is 11.3 Å². The molecular weight excluding hydrogens is 467 g/mol. The molecule has 3 aromatic rings. The van der Waals surface area contributed by atoms with E-state index < -0.39 is 5.91 Å². The van der Waals surface area contributed by atoms with Crippen molar-refractivity contribution in [2.75, 3.05) is 38.5 Å². The molecular formula is C25H29FN6O4. The summed E-state index contributed by atoms with van der Waals surface area (Å²) in [6.45, 7) is 5.60. The molecule has 0 aliphatic carbocycles. The van der Waals surface area contributed by atoms with Crippen molar-refractivity contribution in [2.45, 2.75) is 13.0 Å². The number of carboxylic acid groups (broad SMARTS) is 1. The molecule has 1 aliphatic heterocycles. The Kier molecular flexibility index (Phi) is 9.39. The maximum atomic E-state index is 14.9. The van der Waals surface area contributed by atoms with E-state index in [1.165, 1.54) is 6.07 Å². The largest absolute Gasteiger partial charge is 0.483 e. The highest BCUT2D eigenvalue weighted by molar-refractivity contribution is 5.93. The smallest absolute Gasteiger partial charge is 0.290 e. The van der Waals surface area contributed by atoms with E-state index in [0.29, 0.717) is 28.5 Å². The molecule has 36 heavy (non-hydrogen) atoms. The number of amides is 1. The number of carbonyl (C=O) groups excluding carboxylic acids is 1. The molecule has 1 aliphatic rings. The Morgan fingerprint density at radius 1 is 1.11 bits per heavy atom. The predicted octanol–water partition coefficient (Wildman–Crippen LogP) is 3.15. The van der Waals surface area contributed by atoms with Crippen LogP contribution in [0.4, 0.5) is 16.0 Å². The van der Waals surface area contributed by atoms with Crippen LogP contribution in [0.5, 0.6) is 0 Å². The van der Waals surface area contributed by atoms with Crippen molar-refractivity contribution in [3.05, 3.63) is 71.7 Å². The molecule has 0 spiro atoms. The fraction of sp³-hybridized carbons (Fsp3) is 0.280. The van der Waals surface area contributed by atoms with Crippen molar-refractivity contribution in [1.29, 1.82) is 0 Å². The van der Waals surface area contributed by atoms with Crippen molar-refractivity contribution in [1.82, 2.24) is 25.2 Å². The van der Waals surface area contributed by atoms with E-state index in [1.807, 2.05) is 19.1 Å². The molecule has 1 unspecified atom stereocenters. The van der Waals surface area contributed by atoms with Crippen molar-refractivity contribution in [3.8, 4) is 11.3 Å². The highest BCUT2D eigenvalue weighted by Crippen LogP contribution is 2.27. The van der Waals surface area contributed by atoms with Gasteiger partial charge in [0, 0.05) is 60.8 Å². The molecule has 0 bridgehead atoms. The summed E-state index contributed by atoms with van der Waals surface area (Å²) in [4.78, 5) is 33.1. The molecule has 2 heterocycles. The lowest BCUT2D eigenvalue weighted by molar-refractivity contribution is -0.122. The number of nitrogens with one attached hydrogen (secondary N) is 2. The number of aromatic nitrogens is 2. The molecule has 1 amide bonds. The van der Waals surface area contributed by atoms with E-state index >= 15 is 0 Å². The van der Waals surface area contributed by atoms with Gasteiger partial charge in [0.25, 0.3) is 12.4 Å². The van der Waals surface area contributed by atoms with Gasteiger partial charge in [0.2, 0.25) is 5.95 Å². The normalized spacial score (nSPS) is 14.8. The highest BCUT2D eigenvalue weighted by atomic mass is 19.1. The number of benzene rings is 2. The van der Waals surface area contributed by atoms with Crippen LogP contribution in [0, 0.1) is 5.82 Å². The Hall–Kier alpha value is -3.93. The number of anilines is 2. The summed E-state index contributed by atoms with van der Waals surface area (Å²) in [7, 11) is 2.10. The van der Waals surface area contributed by atoms with Crippen molar-refractivity contribution in [3.63, 3.8) is 0 Å². The Morgan fingerprint density at radius 2 is 1.78 bits per heavy atom. The first-order valence-corrected chi connectivity index (χ1v) is 11.3. The third kappa shape index (κ3) is 6.81. The zero-order valence-corrected chi connectivity index (χ0v) is 20.1. The Labute approximate surface area is 208 Å². The number of likely N-dealkylation sites (N-methyl/N-ethyl adjacent to an activating group) is 1. The number of hydrogen-bond donors (Lipinski definition) is 4. The minimum Gasteiger partial charge on any atom is -0.483 e. The number of nitrogens with zero attached hydrogens (tertiary/aromatic N) is 4. The first kappa shape index (κ1) is 26.7. The van der Waals surface area contributed by atoms with Gasteiger partial charge in [-0.15, -0.1) is 0 Å². The monoisotopic (exact) mass is 496 g/mol. The molecule has 1 atom stereocenters. The molecule has 2 aromatic carbocycles. The summed E-state index contributed by atoms with van der Waals surface area (Å²) >= 11 is 0. The molecule has 4 N–H and O–H groups in total. The predicted molar refractivity (Wildman–Crippen MR) is 133 cm³/mol. The molecule has 1 fully saturated rings. The average Bonchev–Trinajstić information content (AvgIpc) is 2.89. The van der Waals surface area contributed by atoms with Gasteiger partial charge in [-0.05, 0) is 44.3 Å². The number of carbonyl (C=O) groups is 2. The summed E-state index contributed by atoms with van der Waals surface area (Å²) in [6, 6.07) is 13.5. The Balaban J connectivity index is 0.00000115. The third-order valence-electron chi connectivity index (χ3n) is 5.99. The second-order valence-electron chi connectivity index (χ2n) is 8.27. The van der Waals surface area contributed by atoms with Crippen LogP contribution in [0.1, 0.15) is 28.9 Å². The highest BCUT2D eigenvalue weighted by Gasteiger charge is 2.22. The van der Waals surface area contributed by atoms with Gasteiger partial charge in [0.1, 0.15) is 5.82 Å². The SMILES string of the molecule is CC(c1ccc(Nc2nccc(-c3ccc(C(=O)NO)cc3)n2)cc1F)N1CCN(C)CC1.O=CO. The van der Waals surface area contributed by atoms with E-state index in [4.69, 9.17) is 15.1 Å². The van der Waals surface area contributed by atoms with Gasteiger partial charge in [0.05, 0.1) is 5.69 Å². The first-order valence-electron chi connectivity index (χ1n) is 11.3. The van der Waals surface area contributed by atoms with Gasteiger partial charge in [-0.2, -0.15) is 0 Å². The van der Waals surface area contributed by atoms with E-state index in [9.17, 15) is 9.18 Å². The molecule has 0 saturated carbocycles. The van der Waals surface area contributed by atoms with Crippen LogP contribution >= 0.6 is 0 Å². The quantitative estimate of drug-likeness (QED) is 0.231. The molecule has 1 aromatic heterocycles. The fourth-order valence-electron chi connectivity index (χ4n) is 3.92. The number of hydrogen-bond acceptors (Lipinski definition) is 8. The molecule has 10 nitrogen and oxygen atoms in total. The zero-order valence-electron chi connectivity index (χ0n) is 20.1. The van der Waals surface area contributed by atoms with Gasteiger partial charge >= 0.3 is 0 Å². The van der Waals surface area contributed by atoms with Crippen LogP contribution < -0.4 is 10.8 Å². The maximum absolute atomic E-state index is 14.9. The van der Waals surface area contributed by atoms with Crippen LogP contribution in [0.3, 0.4) is 0 Å². The molecule has 11 heteroatoms. The first-order chi connectivity index (χ1) is 17.4. The third-order valence-corrected chi connectivity index (χ3v) is 5.99. The Bertz CT molecular complexity index is 1170. The second kappa shape index (κ2) is 12.7. The lowest BCUT2D eigenvalue weighted by atomic mass is 10.0. The second-order valence-corrected chi connectivity index (χ2v) is 8.27. The van der Waals surface area contributed by atoms with Gasteiger partial charge < -0.3 is 15.3 Å². The zero-order chi connectivity index (χ0) is 26.1. The van der Waals surface area contributed by atoms with Gasteiger partial charge in [-0.3, -0.25) is 19.7 Å². The Morgan fingerprint density at radius 3 is 2.39 bits per heavy atom. The van der Waals surface area contributed by atoms with Crippen LogP contribution in [-0.4, -0.2) is 75.7 Å². The fourth-order valence-corrected chi connectivity index (χ4v) is 3.92. The summed E-state index contributed by atoms with van der Waals surface area (Å²) < 4.78 is 14.9. The van der Waals surface area contributed by atoms with Crippen molar-refractivity contribution in [2.24, 2.45) is 0 Å². The average molecular weight is 497 g/mol. The lowest BCUT2D eigenvalue weighted by Crippen LogP contribution is -2.45. The van der Waals surface area contributed by atoms with Gasteiger partial charge in [-0.25, -0.2) is 19.8 Å². The summed E-state index contributed by atoms with van der Waals surface area (Å²) in [5.74, 6) is -0.511. The minimum absolute atomic E-state index is 0.00298. The van der Waals surface area contributed by atoms with E-state index in [0.717, 1.165) is 31.7 Å². The topological polar surface area (TPSA) is 131 Å². The number of piperazine rings is 1. The van der Waals surface area contributed by atoms with Gasteiger partial charge in [0.15, 0.2) is 0 Å². The standard InChI is InChI=1S/C24H27FN6O2.CH2O2/c1-16(31-13-11-30(2)12-14-31)20-8-7-19(15-21(20)25)27-24-26-10-9-22(28-24)17-3-5-18(6-4-17)23(32)29-33;2-1-3/h3-10,15-16,33H,11-14H2,1-2H3,(H,29,32)(H,26,27,28);1H,(H,2,3). The van der Waals surface area contributed by atoms with E-state index in [2.05, 4.69) is 32.1 Å². The van der Waals surface area contributed by atoms with E-state index in [1.54, 1.807) is 42.0 Å².